The summed E-state index contributed by atoms with van der Waals surface area (Å²) in [5.41, 5.74) is -0.357. The van der Waals surface area contributed by atoms with Gasteiger partial charge < -0.3 is 15.4 Å². The topological polar surface area (TPSA) is 50.4 Å². The molecule has 1 fully saturated rings. The minimum atomic E-state index is -0.395. The molecule has 1 heterocycles. The molecule has 1 rings (SSSR count). The summed E-state index contributed by atoms with van der Waals surface area (Å²) in [6.07, 6.45) is 1.05. The van der Waals surface area contributed by atoms with Crippen molar-refractivity contribution in [3.63, 3.8) is 0 Å². The molecule has 0 radical (unpaired) electrons. The van der Waals surface area contributed by atoms with E-state index in [0.29, 0.717) is 0 Å². The summed E-state index contributed by atoms with van der Waals surface area (Å²) in [5, 5.41) is 6.51. The highest BCUT2D eigenvalue weighted by Gasteiger charge is 2.29. The molecular weight excluding hydrogens is 192 g/mol. The molecule has 0 aliphatic carbocycles. The maximum absolute atomic E-state index is 11.5. The van der Waals surface area contributed by atoms with Crippen LogP contribution in [0.1, 0.15) is 34.1 Å². The Balaban J connectivity index is 2.28. The minimum Gasteiger partial charge on any atom is -0.459 e. The van der Waals surface area contributed by atoms with E-state index in [2.05, 4.69) is 17.6 Å². The first-order valence-corrected chi connectivity index (χ1v) is 5.48. The van der Waals surface area contributed by atoms with Crippen molar-refractivity contribution in [2.24, 2.45) is 0 Å². The molecule has 1 saturated heterocycles. The first-order chi connectivity index (χ1) is 6.81. The Labute approximate surface area is 91.8 Å². The molecule has 88 valence electrons. The van der Waals surface area contributed by atoms with Gasteiger partial charge in [0.15, 0.2) is 0 Å². The highest BCUT2D eigenvalue weighted by molar-refractivity contribution is 5.72. The second kappa shape index (κ2) is 4.49. The molecule has 4 nitrogen and oxygen atoms in total. The van der Waals surface area contributed by atoms with Gasteiger partial charge in [-0.05, 0) is 40.7 Å². The van der Waals surface area contributed by atoms with Crippen molar-refractivity contribution in [2.45, 2.75) is 45.3 Å². The lowest BCUT2D eigenvalue weighted by Gasteiger charge is -2.25. The van der Waals surface area contributed by atoms with Gasteiger partial charge in [0.1, 0.15) is 5.60 Å². The molecule has 0 aromatic heterocycles. The molecule has 0 bridgehead atoms. The Morgan fingerprint density at radius 3 is 2.67 bits per heavy atom. The van der Waals surface area contributed by atoms with Crippen LogP contribution in [0, 0.1) is 0 Å². The largest absolute Gasteiger partial charge is 0.459 e. The maximum Gasteiger partial charge on any atom is 0.320 e. The van der Waals surface area contributed by atoms with E-state index in [4.69, 9.17) is 4.74 Å². The average molecular weight is 214 g/mol. The van der Waals surface area contributed by atoms with Crippen molar-refractivity contribution in [3.8, 4) is 0 Å². The summed E-state index contributed by atoms with van der Waals surface area (Å²) < 4.78 is 5.22. The van der Waals surface area contributed by atoms with E-state index in [-0.39, 0.29) is 18.1 Å². The molecule has 1 atom stereocenters. The van der Waals surface area contributed by atoms with Crippen LogP contribution in [0.3, 0.4) is 0 Å². The summed E-state index contributed by atoms with van der Waals surface area (Å²) in [7, 11) is 0. The van der Waals surface area contributed by atoms with Gasteiger partial charge >= 0.3 is 5.97 Å². The van der Waals surface area contributed by atoms with Crippen LogP contribution in [0.2, 0.25) is 0 Å². The Morgan fingerprint density at radius 2 is 2.20 bits per heavy atom. The van der Waals surface area contributed by atoms with E-state index in [1.165, 1.54) is 0 Å². The number of hydrogen-bond acceptors (Lipinski definition) is 4. The van der Waals surface area contributed by atoms with Gasteiger partial charge in [0.2, 0.25) is 0 Å². The van der Waals surface area contributed by atoms with Crippen molar-refractivity contribution in [3.05, 3.63) is 0 Å². The monoisotopic (exact) mass is 214 g/mol. The molecular formula is C11H22N2O2. The highest BCUT2D eigenvalue weighted by Crippen LogP contribution is 2.13. The molecule has 1 aliphatic heterocycles. The second-order valence-corrected chi connectivity index (χ2v) is 5.43. The van der Waals surface area contributed by atoms with Gasteiger partial charge in [0.05, 0.1) is 6.54 Å². The minimum absolute atomic E-state index is 0.0386. The van der Waals surface area contributed by atoms with Crippen LogP contribution >= 0.6 is 0 Å². The lowest BCUT2D eigenvalue weighted by molar-refractivity contribution is -0.154. The van der Waals surface area contributed by atoms with Crippen molar-refractivity contribution in [1.29, 1.82) is 0 Å². The van der Waals surface area contributed by atoms with Gasteiger partial charge in [0.25, 0.3) is 0 Å². The molecule has 15 heavy (non-hydrogen) atoms. The molecule has 0 aromatic rings. The van der Waals surface area contributed by atoms with Gasteiger partial charge in [-0.15, -0.1) is 0 Å². The zero-order chi connectivity index (χ0) is 11.5. The van der Waals surface area contributed by atoms with E-state index in [9.17, 15) is 4.79 Å². The van der Waals surface area contributed by atoms with Gasteiger partial charge in [-0.2, -0.15) is 0 Å². The van der Waals surface area contributed by atoms with Gasteiger partial charge in [0, 0.05) is 12.1 Å². The predicted molar refractivity (Wildman–Crippen MR) is 59.7 cm³/mol. The third-order valence-corrected chi connectivity index (χ3v) is 2.45. The Morgan fingerprint density at radius 1 is 1.53 bits per heavy atom. The predicted octanol–water partition coefficient (Wildman–Crippen LogP) is 0.670. The molecule has 1 unspecified atom stereocenters. The van der Waals surface area contributed by atoms with Crippen LogP contribution in [0.4, 0.5) is 0 Å². The van der Waals surface area contributed by atoms with E-state index in [0.717, 1.165) is 19.5 Å². The van der Waals surface area contributed by atoms with Crippen LogP contribution in [-0.4, -0.2) is 36.7 Å². The SMILES string of the molecule is CC1(NCC(=O)OC(C)(C)C)CCNC1. The zero-order valence-electron chi connectivity index (χ0n) is 10.1. The van der Waals surface area contributed by atoms with Crippen LogP contribution in [0.25, 0.3) is 0 Å². The standard InChI is InChI=1S/C11H22N2O2/c1-10(2,3)15-9(14)7-13-11(4)5-6-12-8-11/h12-13H,5-8H2,1-4H3. The Bertz CT molecular complexity index is 227. The molecule has 0 amide bonds. The Hall–Kier alpha value is -0.610. The zero-order valence-corrected chi connectivity index (χ0v) is 10.1. The Kier molecular flexibility index (Phi) is 3.73. The van der Waals surface area contributed by atoms with Gasteiger partial charge in [-0.1, -0.05) is 0 Å². The van der Waals surface area contributed by atoms with E-state index in [1.54, 1.807) is 0 Å². The van der Waals surface area contributed by atoms with Gasteiger partial charge in [-0.3, -0.25) is 4.79 Å². The fraction of sp³-hybridized carbons (Fsp3) is 0.909. The second-order valence-electron chi connectivity index (χ2n) is 5.43. The summed E-state index contributed by atoms with van der Waals surface area (Å²) >= 11 is 0. The van der Waals surface area contributed by atoms with E-state index < -0.39 is 5.60 Å². The molecule has 1 aliphatic rings. The van der Waals surface area contributed by atoms with Crippen LogP contribution in [-0.2, 0) is 9.53 Å². The third-order valence-electron chi connectivity index (χ3n) is 2.45. The summed E-state index contributed by atoms with van der Waals surface area (Å²) in [5.74, 6) is -0.185. The maximum atomic E-state index is 11.5. The quantitative estimate of drug-likeness (QED) is 0.678. The highest BCUT2D eigenvalue weighted by atomic mass is 16.6. The summed E-state index contributed by atoms with van der Waals surface area (Å²) in [6.45, 7) is 9.97. The van der Waals surface area contributed by atoms with Crippen LogP contribution < -0.4 is 10.6 Å². The number of nitrogens with one attached hydrogen (secondary N) is 2. The molecule has 0 spiro atoms. The molecule has 0 aromatic carbocycles. The van der Waals surface area contributed by atoms with Gasteiger partial charge in [-0.25, -0.2) is 0 Å². The number of hydrogen-bond donors (Lipinski definition) is 2. The first kappa shape index (κ1) is 12.5. The number of carbonyl (C=O) groups is 1. The van der Waals surface area contributed by atoms with Crippen molar-refractivity contribution < 1.29 is 9.53 Å². The average Bonchev–Trinajstić information content (AvgIpc) is 2.47. The summed E-state index contributed by atoms with van der Waals surface area (Å²) in [6, 6.07) is 0. The van der Waals surface area contributed by atoms with Crippen LogP contribution in [0.15, 0.2) is 0 Å². The van der Waals surface area contributed by atoms with Crippen LogP contribution in [0.5, 0.6) is 0 Å². The first-order valence-electron chi connectivity index (χ1n) is 5.48. The van der Waals surface area contributed by atoms with Crippen molar-refractivity contribution in [1.82, 2.24) is 10.6 Å². The van der Waals surface area contributed by atoms with Crippen molar-refractivity contribution >= 4 is 5.97 Å². The number of rotatable bonds is 3. The summed E-state index contributed by atoms with van der Waals surface area (Å²) in [4.78, 5) is 11.5. The third kappa shape index (κ3) is 4.62. The number of esters is 1. The van der Waals surface area contributed by atoms with E-state index >= 15 is 0 Å². The lowest BCUT2D eigenvalue weighted by atomic mass is 10.0. The van der Waals surface area contributed by atoms with E-state index in [1.807, 2.05) is 20.8 Å². The number of carbonyl (C=O) groups excluding carboxylic acids is 1. The van der Waals surface area contributed by atoms with Crippen molar-refractivity contribution in [2.75, 3.05) is 19.6 Å². The molecule has 4 heteroatoms. The fourth-order valence-electron chi connectivity index (χ4n) is 1.63. The fourth-order valence-corrected chi connectivity index (χ4v) is 1.63. The molecule has 2 N–H and O–H groups in total. The number of ether oxygens (including phenoxy) is 1. The normalized spacial score (nSPS) is 26.7. The lowest BCUT2D eigenvalue weighted by Crippen LogP contribution is -2.47. The smallest absolute Gasteiger partial charge is 0.320 e. The molecule has 0 saturated carbocycles.